The highest BCUT2D eigenvalue weighted by Gasteiger charge is 2.15. The molecule has 114 valence electrons. The first kappa shape index (κ1) is 14.5. The number of pyridine rings is 2. The quantitative estimate of drug-likeness (QED) is 0.890. The van der Waals surface area contributed by atoms with Gasteiger partial charge in [0.25, 0.3) is 5.91 Å². The summed E-state index contributed by atoms with van der Waals surface area (Å²) in [4.78, 5) is 20.5. The number of hydrogen-bond acceptors (Lipinski definition) is 4. The molecule has 5 heteroatoms. The molecule has 0 unspecified atom stereocenters. The molecule has 0 radical (unpaired) electrons. The number of rotatable bonds is 5. The van der Waals surface area contributed by atoms with E-state index in [-0.39, 0.29) is 5.91 Å². The Labute approximate surface area is 130 Å². The van der Waals surface area contributed by atoms with E-state index in [1.54, 1.807) is 12.4 Å². The maximum atomic E-state index is 12.2. The van der Waals surface area contributed by atoms with E-state index in [1.165, 1.54) is 25.7 Å². The third-order valence-corrected chi connectivity index (χ3v) is 3.87. The first-order valence-corrected chi connectivity index (χ1v) is 7.72. The normalized spacial score (nSPS) is 14.7. The number of hydrogen-bond donors (Lipinski definition) is 2. The zero-order valence-electron chi connectivity index (χ0n) is 12.5. The summed E-state index contributed by atoms with van der Waals surface area (Å²) in [6.07, 6.45) is 8.34. The summed E-state index contributed by atoms with van der Waals surface area (Å²) in [5.74, 6) is -0.180. The monoisotopic (exact) mass is 296 g/mol. The van der Waals surface area contributed by atoms with Crippen LogP contribution in [0.3, 0.4) is 0 Å². The van der Waals surface area contributed by atoms with E-state index in [9.17, 15) is 4.79 Å². The van der Waals surface area contributed by atoms with Gasteiger partial charge in [0.15, 0.2) is 0 Å². The Bertz CT molecular complexity index is 624. The van der Waals surface area contributed by atoms with Crippen molar-refractivity contribution in [2.75, 3.05) is 5.32 Å². The second kappa shape index (κ2) is 7.02. The van der Waals surface area contributed by atoms with Crippen molar-refractivity contribution >= 4 is 11.6 Å². The van der Waals surface area contributed by atoms with Crippen molar-refractivity contribution in [1.29, 1.82) is 0 Å². The van der Waals surface area contributed by atoms with Crippen LogP contribution >= 0.6 is 0 Å². The predicted octanol–water partition coefficient (Wildman–Crippen LogP) is 2.76. The zero-order chi connectivity index (χ0) is 15.2. The number of amides is 1. The fourth-order valence-electron chi connectivity index (χ4n) is 2.71. The molecule has 3 rings (SSSR count). The second-order valence-electron chi connectivity index (χ2n) is 5.56. The van der Waals surface area contributed by atoms with Crippen molar-refractivity contribution in [2.45, 2.75) is 38.3 Å². The number of anilines is 1. The van der Waals surface area contributed by atoms with Crippen molar-refractivity contribution in [1.82, 2.24) is 15.3 Å². The lowest BCUT2D eigenvalue weighted by Crippen LogP contribution is -2.24. The van der Waals surface area contributed by atoms with Crippen LogP contribution in [0, 0.1) is 0 Å². The molecule has 0 spiro atoms. The predicted molar refractivity (Wildman–Crippen MR) is 85.5 cm³/mol. The van der Waals surface area contributed by atoms with Gasteiger partial charge in [-0.2, -0.15) is 0 Å². The molecule has 5 nitrogen and oxygen atoms in total. The molecule has 2 N–H and O–H groups in total. The summed E-state index contributed by atoms with van der Waals surface area (Å²) in [5, 5.41) is 6.32. The van der Waals surface area contributed by atoms with Gasteiger partial charge in [-0.3, -0.25) is 14.8 Å². The van der Waals surface area contributed by atoms with Crippen molar-refractivity contribution in [2.24, 2.45) is 0 Å². The average molecular weight is 296 g/mol. The van der Waals surface area contributed by atoms with E-state index in [1.807, 2.05) is 30.3 Å². The highest BCUT2D eigenvalue weighted by Crippen LogP contribution is 2.22. The molecule has 22 heavy (non-hydrogen) atoms. The molecule has 2 heterocycles. The standard InChI is InChI=1S/C17H20N4O/c22-17(20-12-15-7-3-4-9-18-15)16-11-14(8-10-19-16)21-13-5-1-2-6-13/h3-4,7-11,13H,1-2,5-6,12H2,(H,19,21)(H,20,22). The van der Waals surface area contributed by atoms with E-state index in [4.69, 9.17) is 0 Å². The van der Waals surface area contributed by atoms with Gasteiger partial charge in [-0.25, -0.2) is 0 Å². The Morgan fingerprint density at radius 1 is 1.14 bits per heavy atom. The lowest BCUT2D eigenvalue weighted by molar-refractivity contribution is 0.0945. The van der Waals surface area contributed by atoms with Gasteiger partial charge in [0.2, 0.25) is 0 Å². The van der Waals surface area contributed by atoms with Crippen LogP contribution in [0.1, 0.15) is 41.9 Å². The fraction of sp³-hybridized carbons (Fsp3) is 0.353. The molecule has 0 atom stereocenters. The van der Waals surface area contributed by atoms with Crippen LogP contribution in [0.2, 0.25) is 0 Å². The van der Waals surface area contributed by atoms with Crippen molar-refractivity contribution in [3.63, 3.8) is 0 Å². The Balaban J connectivity index is 1.59. The molecule has 2 aromatic heterocycles. The Hall–Kier alpha value is -2.43. The van der Waals surface area contributed by atoms with E-state index in [0.717, 1.165) is 11.4 Å². The van der Waals surface area contributed by atoms with Gasteiger partial charge < -0.3 is 10.6 Å². The highest BCUT2D eigenvalue weighted by atomic mass is 16.1. The van der Waals surface area contributed by atoms with Crippen molar-refractivity contribution in [3.05, 3.63) is 54.1 Å². The first-order chi connectivity index (χ1) is 10.8. The van der Waals surface area contributed by atoms with Crippen LogP contribution in [0.25, 0.3) is 0 Å². The summed E-state index contributed by atoms with van der Waals surface area (Å²) in [5.41, 5.74) is 2.22. The third-order valence-electron chi connectivity index (χ3n) is 3.87. The fourth-order valence-corrected chi connectivity index (χ4v) is 2.71. The minimum Gasteiger partial charge on any atom is -0.382 e. The minimum absolute atomic E-state index is 0.180. The van der Waals surface area contributed by atoms with Gasteiger partial charge in [0.05, 0.1) is 12.2 Å². The number of nitrogens with one attached hydrogen (secondary N) is 2. The molecule has 0 aromatic carbocycles. The van der Waals surface area contributed by atoms with Gasteiger partial charge in [0.1, 0.15) is 5.69 Å². The van der Waals surface area contributed by atoms with Gasteiger partial charge in [-0.15, -0.1) is 0 Å². The minimum atomic E-state index is -0.180. The van der Waals surface area contributed by atoms with Crippen LogP contribution in [-0.2, 0) is 6.54 Å². The second-order valence-corrected chi connectivity index (χ2v) is 5.56. The largest absolute Gasteiger partial charge is 0.382 e. The SMILES string of the molecule is O=C(NCc1ccccn1)c1cc(NC2CCCC2)ccn1. The van der Waals surface area contributed by atoms with Gasteiger partial charge in [-0.05, 0) is 37.1 Å². The molecular formula is C17H20N4O. The molecule has 0 saturated heterocycles. The van der Waals surface area contributed by atoms with E-state index in [0.29, 0.717) is 18.3 Å². The molecule has 2 aromatic rings. The van der Waals surface area contributed by atoms with Crippen LogP contribution in [0.5, 0.6) is 0 Å². The number of carbonyl (C=O) groups is 1. The lowest BCUT2D eigenvalue weighted by atomic mass is 10.2. The number of aromatic nitrogens is 2. The molecule has 1 saturated carbocycles. The summed E-state index contributed by atoms with van der Waals surface area (Å²) in [7, 11) is 0. The van der Waals surface area contributed by atoms with Crippen LogP contribution in [0.4, 0.5) is 5.69 Å². The lowest BCUT2D eigenvalue weighted by Gasteiger charge is -2.13. The van der Waals surface area contributed by atoms with E-state index >= 15 is 0 Å². The van der Waals surface area contributed by atoms with E-state index in [2.05, 4.69) is 20.6 Å². The number of nitrogens with zero attached hydrogens (tertiary/aromatic N) is 2. The average Bonchev–Trinajstić information content (AvgIpc) is 3.07. The Morgan fingerprint density at radius 2 is 2.00 bits per heavy atom. The molecule has 0 bridgehead atoms. The molecular weight excluding hydrogens is 276 g/mol. The summed E-state index contributed by atoms with van der Waals surface area (Å²) >= 11 is 0. The van der Waals surface area contributed by atoms with Crippen LogP contribution < -0.4 is 10.6 Å². The Morgan fingerprint density at radius 3 is 2.77 bits per heavy atom. The molecule has 1 fully saturated rings. The third kappa shape index (κ3) is 3.81. The van der Waals surface area contributed by atoms with Crippen molar-refractivity contribution in [3.8, 4) is 0 Å². The Kier molecular flexibility index (Phi) is 4.63. The van der Waals surface area contributed by atoms with Gasteiger partial charge in [0, 0.05) is 24.1 Å². The van der Waals surface area contributed by atoms with Gasteiger partial charge in [-0.1, -0.05) is 18.9 Å². The maximum Gasteiger partial charge on any atom is 0.270 e. The molecule has 1 aliphatic rings. The van der Waals surface area contributed by atoms with Crippen molar-refractivity contribution < 1.29 is 4.79 Å². The smallest absolute Gasteiger partial charge is 0.270 e. The zero-order valence-corrected chi connectivity index (χ0v) is 12.5. The van der Waals surface area contributed by atoms with Crippen LogP contribution in [-0.4, -0.2) is 21.9 Å². The first-order valence-electron chi connectivity index (χ1n) is 7.72. The van der Waals surface area contributed by atoms with Crippen LogP contribution in [0.15, 0.2) is 42.7 Å². The van der Waals surface area contributed by atoms with E-state index < -0.39 is 0 Å². The highest BCUT2D eigenvalue weighted by molar-refractivity contribution is 5.93. The molecule has 1 aliphatic carbocycles. The summed E-state index contributed by atoms with van der Waals surface area (Å²) < 4.78 is 0. The molecule has 1 amide bonds. The summed E-state index contributed by atoms with van der Waals surface area (Å²) in [6, 6.07) is 9.88. The summed E-state index contributed by atoms with van der Waals surface area (Å²) in [6.45, 7) is 0.404. The van der Waals surface area contributed by atoms with Gasteiger partial charge >= 0.3 is 0 Å². The number of carbonyl (C=O) groups excluding carboxylic acids is 1. The topological polar surface area (TPSA) is 66.9 Å². The maximum absolute atomic E-state index is 12.2. The molecule has 0 aliphatic heterocycles.